The molecule has 1 unspecified atom stereocenters. The van der Waals surface area contributed by atoms with E-state index in [4.69, 9.17) is 14.2 Å². The fourth-order valence-electron chi connectivity index (χ4n) is 1.55. The molecule has 0 aliphatic carbocycles. The van der Waals surface area contributed by atoms with E-state index in [-0.39, 0.29) is 31.6 Å². The second kappa shape index (κ2) is 9.23. The van der Waals surface area contributed by atoms with Crippen molar-refractivity contribution in [2.24, 2.45) is 5.92 Å². The lowest BCUT2D eigenvalue weighted by Gasteiger charge is -2.16. The number of Topliss-reactive ketones (excluding diaryl/α,β-unsaturated/α-hetero) is 1. The number of rotatable bonds is 11. The van der Waals surface area contributed by atoms with E-state index in [0.29, 0.717) is 12.8 Å². The molecule has 0 aromatic heterocycles. The van der Waals surface area contributed by atoms with Gasteiger partial charge < -0.3 is 14.2 Å². The number of hydrogen-bond donors (Lipinski definition) is 1. The highest BCUT2D eigenvalue weighted by Crippen LogP contribution is 2.48. The molecule has 0 amide bonds. The van der Waals surface area contributed by atoms with E-state index in [1.165, 1.54) is 0 Å². The van der Waals surface area contributed by atoms with Crippen molar-refractivity contribution in [2.45, 2.75) is 40.0 Å². The van der Waals surface area contributed by atoms with Crippen molar-refractivity contribution >= 4 is 19.3 Å². The summed E-state index contributed by atoms with van der Waals surface area (Å²) in [6, 6.07) is 0. The highest BCUT2D eigenvalue weighted by atomic mass is 31.2. The number of carbonyl (C=O) groups excluding carboxylic acids is 1. The van der Waals surface area contributed by atoms with Gasteiger partial charge in [-0.3, -0.25) is 14.2 Å². The van der Waals surface area contributed by atoms with E-state index in [9.17, 15) is 14.2 Å². The van der Waals surface area contributed by atoms with Gasteiger partial charge in [0, 0.05) is 6.42 Å². The standard InChI is InChI=1S/C12H23O6P/c1-4-17-19(16,18-5-2)9-11(13)8-6-7-10(3)12(14)15/h10H,4-9H2,1-3H3,(H,14,15). The van der Waals surface area contributed by atoms with Crippen molar-refractivity contribution in [2.75, 3.05) is 19.4 Å². The highest BCUT2D eigenvalue weighted by molar-refractivity contribution is 7.54. The second-order valence-corrected chi connectivity index (χ2v) is 6.33. The van der Waals surface area contributed by atoms with E-state index < -0.39 is 19.5 Å². The molecule has 7 heteroatoms. The Morgan fingerprint density at radius 2 is 1.74 bits per heavy atom. The van der Waals surface area contributed by atoms with Crippen LogP contribution >= 0.6 is 7.60 Å². The number of carboxylic acids is 1. The SMILES string of the molecule is CCOP(=O)(CC(=O)CCCC(C)C(=O)O)OCC. The molecule has 0 spiro atoms. The summed E-state index contributed by atoms with van der Waals surface area (Å²) in [7, 11) is -3.32. The van der Waals surface area contributed by atoms with Crippen molar-refractivity contribution in [3.05, 3.63) is 0 Å². The summed E-state index contributed by atoms with van der Waals surface area (Å²) < 4.78 is 22.1. The minimum absolute atomic E-state index is 0.196. The predicted octanol–water partition coefficient (Wildman–Crippen LogP) is 2.71. The van der Waals surface area contributed by atoms with Crippen molar-refractivity contribution in [3.8, 4) is 0 Å². The van der Waals surface area contributed by atoms with Crippen molar-refractivity contribution in [1.29, 1.82) is 0 Å². The van der Waals surface area contributed by atoms with Crippen LogP contribution in [0.15, 0.2) is 0 Å². The lowest BCUT2D eigenvalue weighted by molar-refractivity contribution is -0.141. The Morgan fingerprint density at radius 1 is 1.21 bits per heavy atom. The van der Waals surface area contributed by atoms with E-state index in [0.717, 1.165) is 0 Å². The minimum atomic E-state index is -3.32. The molecule has 19 heavy (non-hydrogen) atoms. The Kier molecular flexibility index (Phi) is 8.89. The average molecular weight is 294 g/mol. The maximum atomic E-state index is 12.1. The quantitative estimate of drug-likeness (QED) is 0.589. The molecule has 112 valence electrons. The van der Waals surface area contributed by atoms with Gasteiger partial charge in [0.2, 0.25) is 0 Å². The van der Waals surface area contributed by atoms with Crippen LogP contribution in [0.2, 0.25) is 0 Å². The van der Waals surface area contributed by atoms with Crippen molar-refractivity contribution in [1.82, 2.24) is 0 Å². The molecule has 0 fully saturated rings. The summed E-state index contributed by atoms with van der Waals surface area (Å²) in [5, 5.41) is 8.70. The van der Waals surface area contributed by atoms with Gasteiger partial charge >= 0.3 is 13.6 Å². The van der Waals surface area contributed by atoms with Crippen LogP contribution in [0.1, 0.15) is 40.0 Å². The zero-order valence-electron chi connectivity index (χ0n) is 11.8. The van der Waals surface area contributed by atoms with Crippen LogP contribution in [-0.2, 0) is 23.2 Å². The maximum absolute atomic E-state index is 12.1. The van der Waals surface area contributed by atoms with Gasteiger partial charge in [-0.1, -0.05) is 6.92 Å². The zero-order valence-corrected chi connectivity index (χ0v) is 12.7. The molecule has 0 bridgehead atoms. The zero-order chi connectivity index (χ0) is 14.9. The molecular weight excluding hydrogens is 271 g/mol. The molecule has 0 radical (unpaired) electrons. The predicted molar refractivity (Wildman–Crippen MR) is 71.4 cm³/mol. The first-order valence-electron chi connectivity index (χ1n) is 6.47. The fraction of sp³-hybridized carbons (Fsp3) is 0.833. The van der Waals surface area contributed by atoms with Gasteiger partial charge in [-0.25, -0.2) is 0 Å². The van der Waals surface area contributed by atoms with Crippen molar-refractivity contribution in [3.63, 3.8) is 0 Å². The van der Waals surface area contributed by atoms with Gasteiger partial charge in [0.15, 0.2) is 0 Å². The number of ketones is 1. The van der Waals surface area contributed by atoms with Gasteiger partial charge in [-0.05, 0) is 26.7 Å². The number of aliphatic carboxylic acids is 1. The fourth-order valence-corrected chi connectivity index (χ4v) is 3.18. The first-order chi connectivity index (χ1) is 8.84. The summed E-state index contributed by atoms with van der Waals surface area (Å²) in [5.74, 6) is -1.57. The minimum Gasteiger partial charge on any atom is -0.481 e. The third-order valence-electron chi connectivity index (χ3n) is 2.54. The summed E-state index contributed by atoms with van der Waals surface area (Å²) in [4.78, 5) is 22.3. The largest absolute Gasteiger partial charge is 0.481 e. The Labute approximate surface area is 114 Å². The summed E-state index contributed by atoms with van der Waals surface area (Å²) in [6.45, 7) is 5.41. The molecule has 0 saturated carbocycles. The van der Waals surface area contributed by atoms with Gasteiger partial charge in [-0.2, -0.15) is 0 Å². The molecule has 0 rings (SSSR count). The van der Waals surface area contributed by atoms with Crippen LogP contribution in [-0.4, -0.2) is 36.2 Å². The molecular formula is C12H23O6P. The maximum Gasteiger partial charge on any atom is 0.338 e. The normalized spacial score (nSPS) is 13.2. The van der Waals surface area contributed by atoms with E-state index in [1.54, 1.807) is 20.8 Å². The van der Waals surface area contributed by atoms with Gasteiger partial charge in [-0.15, -0.1) is 0 Å². The van der Waals surface area contributed by atoms with Crippen LogP contribution in [0, 0.1) is 5.92 Å². The Bertz CT molecular complexity index is 331. The molecule has 0 aliphatic rings. The van der Waals surface area contributed by atoms with E-state index in [2.05, 4.69) is 0 Å². The summed E-state index contributed by atoms with van der Waals surface area (Å²) >= 11 is 0. The summed E-state index contributed by atoms with van der Waals surface area (Å²) in [6.07, 6.45) is 0.844. The highest BCUT2D eigenvalue weighted by Gasteiger charge is 2.27. The van der Waals surface area contributed by atoms with Gasteiger partial charge in [0.1, 0.15) is 11.9 Å². The van der Waals surface area contributed by atoms with Crippen LogP contribution in [0.3, 0.4) is 0 Å². The Morgan fingerprint density at radius 3 is 2.16 bits per heavy atom. The molecule has 0 saturated heterocycles. The Hall–Kier alpha value is -0.710. The molecule has 0 aliphatic heterocycles. The average Bonchev–Trinajstić information content (AvgIpc) is 2.28. The third kappa shape index (κ3) is 8.14. The first kappa shape index (κ1) is 18.3. The smallest absolute Gasteiger partial charge is 0.338 e. The van der Waals surface area contributed by atoms with Crippen molar-refractivity contribution < 1.29 is 28.3 Å². The second-order valence-electron chi connectivity index (χ2n) is 4.27. The summed E-state index contributed by atoms with van der Waals surface area (Å²) in [5.41, 5.74) is 0. The van der Waals surface area contributed by atoms with Crippen LogP contribution in [0.25, 0.3) is 0 Å². The van der Waals surface area contributed by atoms with E-state index >= 15 is 0 Å². The Balaban J connectivity index is 4.14. The van der Waals surface area contributed by atoms with Crippen LogP contribution < -0.4 is 0 Å². The van der Waals surface area contributed by atoms with Gasteiger partial charge in [0.05, 0.1) is 19.1 Å². The first-order valence-corrected chi connectivity index (χ1v) is 8.20. The lowest BCUT2D eigenvalue weighted by Crippen LogP contribution is -2.12. The molecule has 1 N–H and O–H groups in total. The lowest BCUT2D eigenvalue weighted by atomic mass is 10.0. The third-order valence-corrected chi connectivity index (χ3v) is 4.58. The molecule has 0 aromatic rings. The van der Waals surface area contributed by atoms with Gasteiger partial charge in [0.25, 0.3) is 0 Å². The topological polar surface area (TPSA) is 89.9 Å². The molecule has 1 atom stereocenters. The number of carbonyl (C=O) groups is 2. The van der Waals surface area contributed by atoms with E-state index in [1.807, 2.05) is 0 Å². The number of hydrogen-bond acceptors (Lipinski definition) is 5. The number of carboxylic acid groups (broad SMARTS) is 1. The van der Waals surface area contributed by atoms with Crippen LogP contribution in [0.5, 0.6) is 0 Å². The monoisotopic (exact) mass is 294 g/mol. The molecule has 0 heterocycles. The van der Waals surface area contributed by atoms with Crippen LogP contribution in [0.4, 0.5) is 0 Å². The molecule has 0 aromatic carbocycles. The molecule has 6 nitrogen and oxygen atoms in total.